The lowest BCUT2D eigenvalue weighted by Crippen LogP contribution is -2.43. The minimum absolute atomic E-state index is 0.0970. The van der Waals surface area contributed by atoms with Crippen LogP contribution in [0.2, 0.25) is 0 Å². The Morgan fingerprint density at radius 2 is 1.79 bits per heavy atom. The molecule has 156 valence electrons. The molecule has 1 aliphatic rings. The molecule has 0 radical (unpaired) electrons. The van der Waals surface area contributed by atoms with E-state index < -0.39 is 21.7 Å². The van der Waals surface area contributed by atoms with Gasteiger partial charge in [0.05, 0.1) is 4.90 Å². The minimum Gasteiger partial charge on any atom is -0.459 e. The van der Waals surface area contributed by atoms with Crippen molar-refractivity contribution >= 4 is 16.0 Å². The number of carbonyl (C=O) groups excluding carboxylic acids is 1. The number of sulfonamides is 1. The molecule has 29 heavy (non-hydrogen) atoms. The van der Waals surface area contributed by atoms with E-state index in [9.17, 15) is 13.2 Å². The van der Waals surface area contributed by atoms with E-state index >= 15 is 0 Å². The number of primary sulfonamides is 1. The summed E-state index contributed by atoms with van der Waals surface area (Å²) < 4.78 is 28.5. The molecular weight excluding hydrogens is 388 g/mol. The average Bonchev–Trinajstić information content (AvgIpc) is 2.64. The fourth-order valence-corrected chi connectivity index (χ4v) is 4.13. The van der Waals surface area contributed by atoms with Crippen molar-refractivity contribution in [1.29, 1.82) is 0 Å². The SMILES string of the molecule is CC(C)(C)OC(=O)C1c2ccccc2CCN1CCc1ccc(S(N)(=O)=O)cc1. The zero-order valence-corrected chi connectivity index (χ0v) is 17.9. The van der Waals surface area contributed by atoms with Crippen molar-refractivity contribution in [3.63, 3.8) is 0 Å². The van der Waals surface area contributed by atoms with Crippen molar-refractivity contribution < 1.29 is 17.9 Å². The Labute approximate surface area is 172 Å². The van der Waals surface area contributed by atoms with Gasteiger partial charge in [-0.2, -0.15) is 0 Å². The standard InChI is InChI=1S/C22H28N2O4S/c1-22(2,3)28-21(25)20-19-7-5-4-6-17(19)13-15-24(20)14-12-16-8-10-18(11-9-16)29(23,26)27/h4-11,20H,12-15H2,1-3H3,(H2,23,26,27). The zero-order valence-electron chi connectivity index (χ0n) is 17.1. The third-order valence-electron chi connectivity index (χ3n) is 4.95. The second-order valence-corrected chi connectivity index (χ2v) is 9.92. The van der Waals surface area contributed by atoms with Crippen molar-refractivity contribution in [2.75, 3.05) is 13.1 Å². The smallest absolute Gasteiger partial charge is 0.328 e. The number of benzene rings is 2. The maximum absolute atomic E-state index is 13.0. The average molecular weight is 417 g/mol. The molecule has 1 heterocycles. The Balaban J connectivity index is 1.79. The predicted octanol–water partition coefficient (Wildman–Crippen LogP) is 2.82. The van der Waals surface area contributed by atoms with Gasteiger partial charge in [-0.1, -0.05) is 36.4 Å². The first-order valence-electron chi connectivity index (χ1n) is 9.71. The lowest BCUT2D eigenvalue weighted by atomic mass is 9.92. The largest absolute Gasteiger partial charge is 0.459 e. The Hall–Kier alpha value is -2.22. The first kappa shape index (κ1) is 21.5. The third-order valence-corrected chi connectivity index (χ3v) is 5.88. The topological polar surface area (TPSA) is 89.7 Å². The van der Waals surface area contributed by atoms with Crippen molar-refractivity contribution in [3.05, 3.63) is 65.2 Å². The molecule has 7 heteroatoms. The van der Waals surface area contributed by atoms with Gasteiger partial charge in [-0.3, -0.25) is 4.90 Å². The van der Waals surface area contributed by atoms with Gasteiger partial charge >= 0.3 is 5.97 Å². The van der Waals surface area contributed by atoms with Crippen LogP contribution in [0.5, 0.6) is 0 Å². The number of hydrogen-bond acceptors (Lipinski definition) is 5. The lowest BCUT2D eigenvalue weighted by molar-refractivity contribution is -0.162. The molecule has 0 aliphatic carbocycles. The van der Waals surface area contributed by atoms with Gasteiger partial charge < -0.3 is 4.74 Å². The van der Waals surface area contributed by atoms with Crippen LogP contribution in [-0.2, 0) is 32.4 Å². The molecule has 3 rings (SSSR count). The number of esters is 1. The summed E-state index contributed by atoms with van der Waals surface area (Å²) in [6.07, 6.45) is 1.56. The predicted molar refractivity (Wildman–Crippen MR) is 112 cm³/mol. The summed E-state index contributed by atoms with van der Waals surface area (Å²) in [4.78, 5) is 15.2. The molecule has 0 fully saturated rings. The van der Waals surface area contributed by atoms with Crippen LogP contribution in [0.1, 0.15) is 43.5 Å². The van der Waals surface area contributed by atoms with E-state index in [1.54, 1.807) is 12.1 Å². The number of nitrogens with two attached hydrogens (primary N) is 1. The second-order valence-electron chi connectivity index (χ2n) is 8.36. The molecule has 0 bridgehead atoms. The molecule has 1 aliphatic heterocycles. The lowest BCUT2D eigenvalue weighted by Gasteiger charge is -2.37. The van der Waals surface area contributed by atoms with Crippen LogP contribution < -0.4 is 5.14 Å². The zero-order chi connectivity index (χ0) is 21.2. The number of ether oxygens (including phenoxy) is 1. The van der Waals surface area contributed by atoms with Crippen LogP contribution >= 0.6 is 0 Å². The minimum atomic E-state index is -3.70. The van der Waals surface area contributed by atoms with Crippen LogP contribution in [0.4, 0.5) is 0 Å². The molecule has 2 N–H and O–H groups in total. The highest BCUT2D eigenvalue weighted by atomic mass is 32.2. The van der Waals surface area contributed by atoms with Crippen LogP contribution in [0, 0.1) is 0 Å². The number of carbonyl (C=O) groups is 1. The van der Waals surface area contributed by atoms with E-state index in [4.69, 9.17) is 9.88 Å². The molecule has 0 spiro atoms. The summed E-state index contributed by atoms with van der Waals surface area (Å²) >= 11 is 0. The fourth-order valence-electron chi connectivity index (χ4n) is 3.61. The van der Waals surface area contributed by atoms with Crippen molar-refractivity contribution in [1.82, 2.24) is 4.90 Å². The molecular formula is C22H28N2O4S. The second kappa shape index (κ2) is 8.26. The molecule has 2 aromatic rings. The molecule has 2 aromatic carbocycles. The first-order valence-corrected chi connectivity index (χ1v) is 11.3. The van der Waals surface area contributed by atoms with E-state index in [-0.39, 0.29) is 10.9 Å². The van der Waals surface area contributed by atoms with Gasteiger partial charge in [-0.05, 0) is 62.4 Å². The molecule has 6 nitrogen and oxygen atoms in total. The monoisotopic (exact) mass is 416 g/mol. The van der Waals surface area contributed by atoms with Gasteiger partial charge in [0.25, 0.3) is 0 Å². The van der Waals surface area contributed by atoms with Crippen LogP contribution in [0.15, 0.2) is 53.4 Å². The highest BCUT2D eigenvalue weighted by molar-refractivity contribution is 7.89. The number of hydrogen-bond donors (Lipinski definition) is 1. The van der Waals surface area contributed by atoms with Gasteiger partial charge in [0.15, 0.2) is 0 Å². The number of rotatable bonds is 5. The normalized spacial score (nSPS) is 17.6. The first-order chi connectivity index (χ1) is 13.5. The highest BCUT2D eigenvalue weighted by Gasteiger charge is 2.35. The van der Waals surface area contributed by atoms with E-state index in [0.717, 1.165) is 24.1 Å². The molecule has 0 saturated carbocycles. The van der Waals surface area contributed by atoms with Gasteiger partial charge in [-0.15, -0.1) is 0 Å². The van der Waals surface area contributed by atoms with Crippen molar-refractivity contribution in [2.45, 2.75) is 50.2 Å². The van der Waals surface area contributed by atoms with Crippen molar-refractivity contribution in [3.8, 4) is 0 Å². The Morgan fingerprint density at radius 3 is 2.41 bits per heavy atom. The summed E-state index contributed by atoms with van der Waals surface area (Å²) in [6, 6.07) is 14.1. The van der Waals surface area contributed by atoms with Gasteiger partial charge in [0.2, 0.25) is 10.0 Å². The van der Waals surface area contributed by atoms with Gasteiger partial charge in [-0.25, -0.2) is 18.4 Å². The van der Waals surface area contributed by atoms with Gasteiger partial charge in [0.1, 0.15) is 11.6 Å². The molecule has 0 saturated heterocycles. The summed E-state index contributed by atoms with van der Waals surface area (Å²) in [5.74, 6) is -0.241. The summed E-state index contributed by atoms with van der Waals surface area (Å²) in [6.45, 7) is 7.04. The molecule has 0 amide bonds. The maximum atomic E-state index is 13.0. The number of fused-ring (bicyclic) bond motifs is 1. The van der Waals surface area contributed by atoms with Gasteiger partial charge in [0, 0.05) is 13.1 Å². The Kier molecular flexibility index (Phi) is 6.12. The Bertz CT molecular complexity index is 979. The van der Waals surface area contributed by atoms with Crippen molar-refractivity contribution in [2.24, 2.45) is 5.14 Å². The van der Waals surface area contributed by atoms with Crippen LogP contribution in [0.3, 0.4) is 0 Å². The summed E-state index contributed by atoms with van der Waals surface area (Å²) in [5, 5.41) is 5.16. The highest BCUT2D eigenvalue weighted by Crippen LogP contribution is 2.32. The maximum Gasteiger partial charge on any atom is 0.328 e. The molecule has 1 unspecified atom stereocenters. The molecule has 1 atom stereocenters. The van der Waals surface area contributed by atoms with Crippen LogP contribution in [0.25, 0.3) is 0 Å². The quantitative estimate of drug-likeness (QED) is 0.757. The van der Waals surface area contributed by atoms with E-state index in [0.29, 0.717) is 13.0 Å². The number of nitrogens with zero attached hydrogens (tertiary/aromatic N) is 1. The Morgan fingerprint density at radius 1 is 1.14 bits per heavy atom. The summed E-state index contributed by atoms with van der Waals surface area (Å²) in [5.41, 5.74) is 2.60. The molecule has 0 aromatic heterocycles. The van der Waals surface area contributed by atoms with Crippen LogP contribution in [-0.4, -0.2) is 38.0 Å². The fraction of sp³-hybridized carbons (Fsp3) is 0.409. The van der Waals surface area contributed by atoms with E-state index in [1.807, 2.05) is 39.0 Å². The van der Waals surface area contributed by atoms with E-state index in [2.05, 4.69) is 11.0 Å². The van der Waals surface area contributed by atoms with E-state index in [1.165, 1.54) is 17.7 Å². The summed E-state index contributed by atoms with van der Waals surface area (Å²) in [7, 11) is -3.70. The third kappa shape index (κ3) is 5.44.